The number of rotatable bonds is 5. The average molecular weight is 300 g/mol. The van der Waals surface area contributed by atoms with Gasteiger partial charge in [0, 0.05) is 9.92 Å². The van der Waals surface area contributed by atoms with Gasteiger partial charge in [-0.3, -0.25) is 0 Å². The summed E-state index contributed by atoms with van der Waals surface area (Å²) in [6.45, 7) is 2.15. The molecule has 0 aliphatic rings. The Labute approximate surface area is 120 Å². The third-order valence-corrected chi connectivity index (χ3v) is 5.02. The van der Waals surface area contributed by atoms with Gasteiger partial charge < -0.3 is 5.11 Å². The highest BCUT2D eigenvalue weighted by atomic mass is 35.5. The summed E-state index contributed by atoms with van der Waals surface area (Å²) in [5, 5.41) is 11.0. The topological polar surface area (TPSA) is 33.1 Å². The number of aliphatic hydroxyl groups excluding tert-OH is 1. The van der Waals surface area contributed by atoms with E-state index >= 15 is 0 Å². The number of hydrogen-bond donors (Lipinski definition) is 1. The number of thiazole rings is 1. The Hall–Kier alpha value is -0.550. The first-order valence-electron chi connectivity index (χ1n) is 5.69. The fourth-order valence-corrected chi connectivity index (χ4v) is 3.61. The van der Waals surface area contributed by atoms with Gasteiger partial charge in [-0.25, -0.2) is 4.98 Å². The van der Waals surface area contributed by atoms with Crippen LogP contribution in [0.15, 0.2) is 29.2 Å². The molecule has 0 fully saturated rings. The standard InChI is InChI=1S/C13H14ClNOS2/c1-2-11-12(7-16)18-13(15-11)8-17-10-5-3-9(14)4-6-10/h3-6,16H,2,7-8H2,1H3. The first-order chi connectivity index (χ1) is 8.72. The molecule has 2 nitrogen and oxygen atoms in total. The van der Waals surface area contributed by atoms with Crippen molar-refractivity contribution in [1.82, 2.24) is 4.98 Å². The molecule has 1 heterocycles. The summed E-state index contributed by atoms with van der Waals surface area (Å²) in [5.41, 5.74) is 1.02. The van der Waals surface area contributed by atoms with Gasteiger partial charge in [-0.1, -0.05) is 18.5 Å². The summed E-state index contributed by atoms with van der Waals surface area (Å²) < 4.78 is 0. The van der Waals surface area contributed by atoms with Crippen molar-refractivity contribution in [1.29, 1.82) is 0 Å². The minimum Gasteiger partial charge on any atom is -0.391 e. The van der Waals surface area contributed by atoms with Crippen LogP contribution in [0.1, 0.15) is 22.5 Å². The van der Waals surface area contributed by atoms with Crippen LogP contribution < -0.4 is 0 Å². The van der Waals surface area contributed by atoms with Gasteiger partial charge in [0.05, 0.1) is 22.9 Å². The van der Waals surface area contributed by atoms with Crippen molar-refractivity contribution in [3.8, 4) is 0 Å². The maximum atomic E-state index is 9.23. The van der Waals surface area contributed by atoms with Gasteiger partial charge in [-0.05, 0) is 30.7 Å². The predicted octanol–water partition coefficient (Wildman–Crippen LogP) is 4.14. The summed E-state index contributed by atoms with van der Waals surface area (Å²) >= 11 is 9.17. The second-order valence-corrected chi connectivity index (χ2v) is 6.39. The van der Waals surface area contributed by atoms with Gasteiger partial charge in [0.2, 0.25) is 0 Å². The number of aromatic nitrogens is 1. The van der Waals surface area contributed by atoms with Gasteiger partial charge >= 0.3 is 0 Å². The molecule has 18 heavy (non-hydrogen) atoms. The van der Waals surface area contributed by atoms with E-state index in [1.165, 1.54) is 4.90 Å². The summed E-state index contributed by atoms with van der Waals surface area (Å²) in [4.78, 5) is 6.71. The molecule has 0 bridgehead atoms. The lowest BCUT2D eigenvalue weighted by atomic mass is 10.3. The van der Waals surface area contributed by atoms with E-state index in [1.807, 2.05) is 24.3 Å². The molecule has 0 saturated carbocycles. The van der Waals surface area contributed by atoms with Crippen LogP contribution >= 0.6 is 34.7 Å². The molecule has 2 rings (SSSR count). The van der Waals surface area contributed by atoms with Crippen LogP contribution in [0.2, 0.25) is 5.02 Å². The molecule has 0 unspecified atom stereocenters. The van der Waals surface area contributed by atoms with E-state index in [-0.39, 0.29) is 6.61 Å². The summed E-state index contributed by atoms with van der Waals surface area (Å²) in [5.74, 6) is 0.833. The third kappa shape index (κ3) is 3.48. The molecule has 5 heteroatoms. The summed E-state index contributed by atoms with van der Waals surface area (Å²) in [6.07, 6.45) is 0.873. The van der Waals surface area contributed by atoms with E-state index < -0.39 is 0 Å². The monoisotopic (exact) mass is 299 g/mol. The minimum atomic E-state index is 0.0897. The van der Waals surface area contributed by atoms with Crippen LogP contribution in [0.25, 0.3) is 0 Å². The van der Waals surface area contributed by atoms with Crippen LogP contribution in [0.4, 0.5) is 0 Å². The second-order valence-electron chi connectivity index (χ2n) is 3.73. The Balaban J connectivity index is 2.01. The fraction of sp³-hybridized carbons (Fsp3) is 0.308. The fourth-order valence-electron chi connectivity index (χ4n) is 1.57. The SMILES string of the molecule is CCc1nc(CSc2ccc(Cl)cc2)sc1CO. The number of thioether (sulfide) groups is 1. The first kappa shape index (κ1) is 13.9. The number of hydrogen-bond acceptors (Lipinski definition) is 4. The molecule has 0 spiro atoms. The molecule has 1 aromatic heterocycles. The molecule has 0 aliphatic heterocycles. The maximum Gasteiger partial charge on any atom is 0.103 e. The Kier molecular flexibility index (Phi) is 5.06. The van der Waals surface area contributed by atoms with Gasteiger partial charge in [-0.15, -0.1) is 23.1 Å². The number of nitrogens with zero attached hydrogens (tertiary/aromatic N) is 1. The van der Waals surface area contributed by atoms with E-state index in [1.54, 1.807) is 23.1 Å². The van der Waals surface area contributed by atoms with Crippen molar-refractivity contribution in [2.75, 3.05) is 0 Å². The zero-order valence-corrected chi connectivity index (χ0v) is 12.4. The molecule has 0 amide bonds. The largest absolute Gasteiger partial charge is 0.391 e. The van der Waals surface area contributed by atoms with Crippen LogP contribution in [-0.2, 0) is 18.8 Å². The van der Waals surface area contributed by atoms with E-state index in [0.717, 1.165) is 32.8 Å². The van der Waals surface area contributed by atoms with Gasteiger partial charge in [0.25, 0.3) is 0 Å². The zero-order chi connectivity index (χ0) is 13.0. The molecular weight excluding hydrogens is 286 g/mol. The normalized spacial score (nSPS) is 10.8. The van der Waals surface area contributed by atoms with E-state index in [2.05, 4.69) is 11.9 Å². The maximum absolute atomic E-state index is 9.23. The molecular formula is C13H14ClNOS2. The van der Waals surface area contributed by atoms with Crippen molar-refractivity contribution in [3.05, 3.63) is 44.9 Å². The van der Waals surface area contributed by atoms with Crippen molar-refractivity contribution < 1.29 is 5.11 Å². The van der Waals surface area contributed by atoms with E-state index in [4.69, 9.17) is 11.6 Å². The number of aryl methyl sites for hydroxylation is 1. The number of halogens is 1. The quantitative estimate of drug-likeness (QED) is 0.842. The Morgan fingerprint density at radius 3 is 2.61 bits per heavy atom. The molecule has 0 saturated heterocycles. The molecule has 0 aliphatic carbocycles. The Morgan fingerprint density at radius 2 is 2.06 bits per heavy atom. The van der Waals surface area contributed by atoms with Gasteiger partial charge in [0.15, 0.2) is 0 Å². The Morgan fingerprint density at radius 1 is 1.33 bits per heavy atom. The zero-order valence-electron chi connectivity index (χ0n) is 10.0. The smallest absolute Gasteiger partial charge is 0.103 e. The second kappa shape index (κ2) is 6.57. The van der Waals surface area contributed by atoms with Crippen molar-refractivity contribution in [3.63, 3.8) is 0 Å². The van der Waals surface area contributed by atoms with Crippen LogP contribution in [0.3, 0.4) is 0 Å². The van der Waals surface area contributed by atoms with Crippen molar-refractivity contribution in [2.45, 2.75) is 30.6 Å². The highest BCUT2D eigenvalue weighted by Gasteiger charge is 2.09. The predicted molar refractivity (Wildman–Crippen MR) is 78.4 cm³/mol. The average Bonchev–Trinajstić information content (AvgIpc) is 2.80. The summed E-state index contributed by atoms with van der Waals surface area (Å²) in [6, 6.07) is 7.80. The highest BCUT2D eigenvalue weighted by molar-refractivity contribution is 7.98. The van der Waals surface area contributed by atoms with Crippen molar-refractivity contribution >= 4 is 34.7 Å². The number of benzene rings is 1. The first-order valence-corrected chi connectivity index (χ1v) is 7.87. The van der Waals surface area contributed by atoms with E-state index in [9.17, 15) is 5.11 Å². The lowest BCUT2D eigenvalue weighted by molar-refractivity contribution is 0.284. The van der Waals surface area contributed by atoms with Gasteiger partial charge in [0.1, 0.15) is 5.01 Å². The molecule has 0 radical (unpaired) electrons. The molecule has 2 aromatic rings. The lowest BCUT2D eigenvalue weighted by Crippen LogP contribution is -1.87. The van der Waals surface area contributed by atoms with Crippen LogP contribution in [0.5, 0.6) is 0 Å². The van der Waals surface area contributed by atoms with E-state index in [0.29, 0.717) is 0 Å². The highest BCUT2D eigenvalue weighted by Crippen LogP contribution is 2.28. The minimum absolute atomic E-state index is 0.0897. The number of aliphatic hydroxyl groups is 1. The van der Waals surface area contributed by atoms with Crippen LogP contribution in [-0.4, -0.2) is 10.1 Å². The molecule has 1 N–H and O–H groups in total. The molecule has 96 valence electrons. The van der Waals surface area contributed by atoms with Crippen molar-refractivity contribution in [2.24, 2.45) is 0 Å². The Bertz CT molecular complexity index is 489. The molecule has 0 atom stereocenters. The third-order valence-electron chi connectivity index (χ3n) is 2.48. The summed E-state index contributed by atoms with van der Waals surface area (Å²) in [7, 11) is 0. The molecule has 1 aromatic carbocycles. The van der Waals surface area contributed by atoms with Crippen LogP contribution in [0, 0.1) is 0 Å². The van der Waals surface area contributed by atoms with Gasteiger partial charge in [-0.2, -0.15) is 0 Å². The lowest BCUT2D eigenvalue weighted by Gasteiger charge is -1.98.